The van der Waals surface area contributed by atoms with Gasteiger partial charge in [-0.2, -0.15) is 9.78 Å². The van der Waals surface area contributed by atoms with E-state index in [4.69, 9.17) is 5.11 Å². The van der Waals surface area contributed by atoms with Crippen LogP contribution in [0.4, 0.5) is 0 Å². The van der Waals surface area contributed by atoms with Crippen molar-refractivity contribution in [1.82, 2.24) is 19.7 Å². The summed E-state index contributed by atoms with van der Waals surface area (Å²) < 4.78 is 1.72. The highest BCUT2D eigenvalue weighted by molar-refractivity contribution is 5.96. The van der Waals surface area contributed by atoms with E-state index in [0.29, 0.717) is 5.56 Å². The molecule has 2 aromatic rings. The molecule has 0 radical (unpaired) electrons. The van der Waals surface area contributed by atoms with Crippen LogP contribution in [0.1, 0.15) is 54.4 Å². The van der Waals surface area contributed by atoms with Crippen LogP contribution in [0.3, 0.4) is 0 Å². The smallest absolute Gasteiger partial charge is 0.352 e. The first-order chi connectivity index (χ1) is 15.3. The van der Waals surface area contributed by atoms with Crippen molar-refractivity contribution in [2.45, 2.75) is 64.3 Å². The van der Waals surface area contributed by atoms with Gasteiger partial charge in [0.05, 0.1) is 24.9 Å². The zero-order chi connectivity index (χ0) is 23.3. The van der Waals surface area contributed by atoms with Crippen molar-refractivity contribution < 1.29 is 20.1 Å². The Morgan fingerprint density at radius 3 is 2.53 bits per heavy atom. The predicted molar refractivity (Wildman–Crippen MR) is 117 cm³/mol. The zero-order valence-corrected chi connectivity index (χ0v) is 18.1. The molecule has 3 rings (SSSR count). The van der Waals surface area contributed by atoms with Gasteiger partial charge in [-0.3, -0.25) is 14.2 Å². The number of hydrogen-bond donors (Lipinski definition) is 4. The van der Waals surface area contributed by atoms with Gasteiger partial charge in [0.15, 0.2) is 0 Å². The van der Waals surface area contributed by atoms with Crippen LogP contribution in [0.25, 0.3) is 5.69 Å². The van der Waals surface area contributed by atoms with Gasteiger partial charge in [-0.25, -0.2) is 4.79 Å². The minimum Gasteiger partial charge on any atom is -0.394 e. The average Bonchev–Trinajstić information content (AvgIpc) is 3.06. The summed E-state index contributed by atoms with van der Waals surface area (Å²) >= 11 is 0. The summed E-state index contributed by atoms with van der Waals surface area (Å²) in [5.74, 6) is -0.450. The number of carbonyl (C=O) groups excluding carboxylic acids is 1. The number of hydrogen-bond acceptors (Lipinski definition) is 7. The average molecular weight is 447 g/mol. The lowest BCUT2D eigenvalue weighted by Gasteiger charge is -2.22. The Kier molecular flexibility index (Phi) is 7.94. The molecule has 1 amide bonds. The number of aliphatic hydroxyl groups is 3. The van der Waals surface area contributed by atoms with E-state index in [0.717, 1.165) is 54.0 Å². The van der Waals surface area contributed by atoms with Gasteiger partial charge < -0.3 is 20.6 Å². The van der Waals surface area contributed by atoms with E-state index in [-0.39, 0.29) is 23.7 Å². The largest absolute Gasteiger partial charge is 0.394 e. The first-order valence-electron chi connectivity index (χ1n) is 10.9. The highest BCUT2D eigenvalue weighted by Crippen LogP contribution is 2.25. The lowest BCUT2D eigenvalue weighted by atomic mass is 9.98. The minimum absolute atomic E-state index is 0.00994. The van der Waals surface area contributed by atoms with Crippen molar-refractivity contribution in [2.75, 3.05) is 6.61 Å². The molecule has 32 heavy (non-hydrogen) atoms. The van der Waals surface area contributed by atoms with Crippen LogP contribution in [0, 0.1) is 12.8 Å². The summed E-state index contributed by atoms with van der Waals surface area (Å²) in [4.78, 5) is 37.6. The Hall–Kier alpha value is -2.82. The van der Waals surface area contributed by atoms with Crippen LogP contribution in [0.5, 0.6) is 0 Å². The summed E-state index contributed by atoms with van der Waals surface area (Å²) in [5.41, 5.74) is -0.343. The van der Waals surface area contributed by atoms with Crippen molar-refractivity contribution in [3.63, 3.8) is 0 Å². The molecule has 1 aromatic heterocycles. The number of nitrogens with zero attached hydrogens (tertiary/aromatic N) is 3. The Bertz CT molecular complexity index is 1060. The molecule has 0 spiro atoms. The predicted octanol–water partition coefficient (Wildman–Crippen LogP) is 0.0744. The van der Waals surface area contributed by atoms with Crippen molar-refractivity contribution in [3.8, 4) is 5.69 Å². The maximum atomic E-state index is 12.9. The van der Waals surface area contributed by atoms with E-state index in [1.165, 1.54) is 6.07 Å². The zero-order valence-electron chi connectivity index (χ0n) is 18.1. The molecule has 10 nitrogen and oxygen atoms in total. The van der Waals surface area contributed by atoms with Gasteiger partial charge >= 0.3 is 5.69 Å². The lowest BCUT2D eigenvalue weighted by molar-refractivity contribution is 0.0531. The van der Waals surface area contributed by atoms with Gasteiger partial charge in [-0.15, -0.1) is 0 Å². The summed E-state index contributed by atoms with van der Waals surface area (Å²) in [6.45, 7) is 0.751. The fourth-order valence-corrected chi connectivity index (χ4v) is 3.99. The Balaban J connectivity index is 1.87. The normalized spacial score (nSPS) is 16.9. The highest BCUT2D eigenvalue weighted by atomic mass is 16.3. The van der Waals surface area contributed by atoms with E-state index in [1.54, 1.807) is 19.1 Å². The van der Waals surface area contributed by atoms with Crippen molar-refractivity contribution in [3.05, 3.63) is 56.4 Å². The summed E-state index contributed by atoms with van der Waals surface area (Å²) in [6, 6.07) is 4.70. The Morgan fingerprint density at radius 1 is 1.19 bits per heavy atom. The molecule has 0 saturated heterocycles. The molecular weight excluding hydrogens is 416 g/mol. The van der Waals surface area contributed by atoms with E-state index < -0.39 is 36.1 Å². The maximum Gasteiger partial charge on any atom is 0.352 e. The molecule has 1 heterocycles. The molecule has 2 atom stereocenters. The Morgan fingerprint density at radius 2 is 1.88 bits per heavy atom. The summed E-state index contributed by atoms with van der Waals surface area (Å²) in [5, 5.41) is 35.7. The monoisotopic (exact) mass is 446 g/mol. The number of carbonyl (C=O) groups is 1. The highest BCUT2D eigenvalue weighted by Gasteiger charge is 2.23. The molecule has 174 valence electrons. The lowest BCUT2D eigenvalue weighted by Crippen LogP contribution is -2.43. The second-order valence-corrected chi connectivity index (χ2v) is 8.29. The van der Waals surface area contributed by atoms with Crippen LogP contribution in [-0.2, 0) is 6.54 Å². The van der Waals surface area contributed by atoms with Crippen molar-refractivity contribution in [2.24, 2.45) is 5.92 Å². The van der Waals surface area contributed by atoms with Crippen LogP contribution in [0.2, 0.25) is 0 Å². The molecular formula is C22H30N4O6. The topological polar surface area (TPSA) is 147 Å². The molecule has 0 bridgehead atoms. The van der Waals surface area contributed by atoms with Gasteiger partial charge in [0.25, 0.3) is 11.5 Å². The molecule has 1 aliphatic rings. The SMILES string of the molecule is Cc1ccc(-n2ncc(=O)n(CC(O)CO)c2=O)cc1C(=O)NC(O)C1CCCCCC1. The summed E-state index contributed by atoms with van der Waals surface area (Å²) in [7, 11) is 0. The number of aliphatic hydroxyl groups excluding tert-OH is 3. The Labute approximate surface area is 185 Å². The molecule has 4 N–H and O–H groups in total. The van der Waals surface area contributed by atoms with Gasteiger partial charge in [0, 0.05) is 11.5 Å². The molecule has 0 aliphatic heterocycles. The van der Waals surface area contributed by atoms with E-state index in [2.05, 4.69) is 10.4 Å². The first-order valence-corrected chi connectivity index (χ1v) is 10.9. The van der Waals surface area contributed by atoms with Gasteiger partial charge in [-0.1, -0.05) is 31.7 Å². The third-order valence-electron chi connectivity index (χ3n) is 5.90. The second kappa shape index (κ2) is 10.7. The minimum atomic E-state index is -1.28. The fourth-order valence-electron chi connectivity index (χ4n) is 3.99. The molecule has 1 fully saturated rings. The number of amides is 1. The standard InChI is InChI=1S/C22H30N4O6/c1-14-8-9-16(26-22(32)25(12-17(28)13-27)19(29)11-23-26)10-18(14)21(31)24-20(30)15-6-4-2-3-5-7-15/h8-11,15,17,20,27-28,30H,2-7,12-13H2,1H3,(H,24,31). The van der Waals surface area contributed by atoms with E-state index in [9.17, 15) is 24.6 Å². The van der Waals surface area contributed by atoms with Crippen molar-refractivity contribution in [1.29, 1.82) is 0 Å². The van der Waals surface area contributed by atoms with Crippen molar-refractivity contribution >= 4 is 5.91 Å². The third-order valence-corrected chi connectivity index (χ3v) is 5.90. The third kappa shape index (κ3) is 5.50. The second-order valence-electron chi connectivity index (χ2n) is 8.29. The number of rotatable bonds is 7. The van der Waals surface area contributed by atoms with Crippen LogP contribution in [-0.4, -0.2) is 54.5 Å². The number of benzene rings is 1. The molecule has 1 aliphatic carbocycles. The van der Waals surface area contributed by atoms with Crippen LogP contribution in [0.15, 0.2) is 34.0 Å². The maximum absolute atomic E-state index is 12.9. The summed E-state index contributed by atoms with van der Waals surface area (Å²) in [6.07, 6.45) is 4.76. The molecule has 1 aromatic carbocycles. The van der Waals surface area contributed by atoms with E-state index in [1.807, 2.05) is 0 Å². The molecule has 10 heteroatoms. The quantitative estimate of drug-likeness (QED) is 0.348. The first kappa shape index (κ1) is 23.8. The van der Waals surface area contributed by atoms with Gasteiger partial charge in [0.1, 0.15) is 12.4 Å². The molecule has 2 unspecified atom stereocenters. The van der Waals surface area contributed by atoms with Gasteiger partial charge in [0.2, 0.25) is 0 Å². The number of aryl methyl sites for hydroxylation is 1. The van der Waals surface area contributed by atoms with Crippen LogP contribution < -0.4 is 16.6 Å². The number of aromatic nitrogens is 3. The molecule has 1 saturated carbocycles. The number of nitrogens with one attached hydrogen (secondary N) is 1. The van der Waals surface area contributed by atoms with Gasteiger partial charge in [-0.05, 0) is 37.5 Å². The van der Waals surface area contributed by atoms with E-state index >= 15 is 0 Å². The fraction of sp³-hybridized carbons (Fsp3) is 0.545. The van der Waals surface area contributed by atoms with Crippen LogP contribution >= 0.6 is 0 Å².